The zero-order valence-corrected chi connectivity index (χ0v) is 14.2. The van der Waals surface area contributed by atoms with Gasteiger partial charge in [0.25, 0.3) is 5.91 Å². The van der Waals surface area contributed by atoms with E-state index in [0.717, 1.165) is 11.1 Å². The van der Waals surface area contributed by atoms with E-state index < -0.39 is 0 Å². The molecule has 0 spiro atoms. The number of hydrogen-bond acceptors (Lipinski definition) is 4. The Hall–Kier alpha value is -2.86. The SMILES string of the molecule is COCc1ccccc1CNC(=O)CNC(=O)COc1ccccc1. The Labute approximate surface area is 147 Å². The lowest BCUT2D eigenvalue weighted by Gasteiger charge is -2.11. The molecular formula is C19H22N2O4. The minimum Gasteiger partial charge on any atom is -0.484 e. The van der Waals surface area contributed by atoms with E-state index in [4.69, 9.17) is 9.47 Å². The number of carbonyl (C=O) groups is 2. The van der Waals surface area contributed by atoms with Crippen LogP contribution in [0.4, 0.5) is 0 Å². The molecule has 132 valence electrons. The Bertz CT molecular complexity index is 689. The maximum atomic E-state index is 11.9. The van der Waals surface area contributed by atoms with Crippen LogP contribution in [0.15, 0.2) is 54.6 Å². The number of hydrogen-bond donors (Lipinski definition) is 2. The second-order valence-electron chi connectivity index (χ2n) is 5.36. The lowest BCUT2D eigenvalue weighted by molar-refractivity contribution is -0.127. The molecule has 0 saturated carbocycles. The smallest absolute Gasteiger partial charge is 0.258 e. The van der Waals surface area contributed by atoms with Gasteiger partial charge < -0.3 is 20.1 Å². The Morgan fingerprint density at radius 2 is 1.56 bits per heavy atom. The standard InChI is InChI=1S/C19H22N2O4/c1-24-13-16-8-6-5-7-15(16)11-20-18(22)12-21-19(23)14-25-17-9-3-2-4-10-17/h2-10H,11-14H2,1H3,(H,20,22)(H,21,23). The van der Waals surface area contributed by atoms with Crippen molar-refractivity contribution in [2.45, 2.75) is 13.2 Å². The highest BCUT2D eigenvalue weighted by atomic mass is 16.5. The molecule has 0 aliphatic rings. The van der Waals surface area contributed by atoms with Gasteiger partial charge in [-0.05, 0) is 23.3 Å². The maximum absolute atomic E-state index is 11.9. The summed E-state index contributed by atoms with van der Waals surface area (Å²) in [6, 6.07) is 16.7. The van der Waals surface area contributed by atoms with Crippen LogP contribution in [0.2, 0.25) is 0 Å². The molecule has 6 heteroatoms. The molecular weight excluding hydrogens is 320 g/mol. The van der Waals surface area contributed by atoms with Crippen LogP contribution < -0.4 is 15.4 Å². The molecule has 2 N–H and O–H groups in total. The van der Waals surface area contributed by atoms with E-state index in [2.05, 4.69) is 10.6 Å². The molecule has 0 aromatic heterocycles. The van der Waals surface area contributed by atoms with Gasteiger partial charge in [0.15, 0.2) is 6.61 Å². The van der Waals surface area contributed by atoms with Crippen LogP contribution in [-0.4, -0.2) is 32.1 Å². The molecule has 0 heterocycles. The van der Waals surface area contributed by atoms with Crippen molar-refractivity contribution in [3.05, 3.63) is 65.7 Å². The minimum atomic E-state index is -0.348. The number of para-hydroxylation sites is 1. The highest BCUT2D eigenvalue weighted by Gasteiger charge is 2.07. The number of carbonyl (C=O) groups excluding carboxylic acids is 2. The van der Waals surface area contributed by atoms with E-state index >= 15 is 0 Å². The molecule has 2 rings (SSSR count). The zero-order chi connectivity index (χ0) is 17.9. The first kappa shape index (κ1) is 18.5. The fraction of sp³-hybridized carbons (Fsp3) is 0.263. The molecule has 0 aliphatic carbocycles. The third-order valence-corrected chi connectivity index (χ3v) is 3.45. The van der Waals surface area contributed by atoms with Gasteiger partial charge in [-0.25, -0.2) is 0 Å². The highest BCUT2D eigenvalue weighted by Crippen LogP contribution is 2.09. The van der Waals surface area contributed by atoms with Crippen LogP contribution in [0.3, 0.4) is 0 Å². The fourth-order valence-corrected chi connectivity index (χ4v) is 2.18. The molecule has 0 bridgehead atoms. The average molecular weight is 342 g/mol. The zero-order valence-electron chi connectivity index (χ0n) is 14.2. The fourth-order valence-electron chi connectivity index (χ4n) is 2.18. The summed E-state index contributed by atoms with van der Waals surface area (Å²) < 4.78 is 10.4. The van der Waals surface area contributed by atoms with E-state index in [1.165, 1.54) is 0 Å². The first-order valence-corrected chi connectivity index (χ1v) is 7.96. The first-order chi connectivity index (χ1) is 12.2. The lowest BCUT2D eigenvalue weighted by atomic mass is 10.1. The van der Waals surface area contributed by atoms with Crippen molar-refractivity contribution in [1.82, 2.24) is 10.6 Å². The summed E-state index contributed by atoms with van der Waals surface area (Å²) in [5.74, 6) is -0.00378. The lowest BCUT2D eigenvalue weighted by Crippen LogP contribution is -2.38. The van der Waals surface area contributed by atoms with E-state index in [1.807, 2.05) is 42.5 Å². The van der Waals surface area contributed by atoms with Crippen LogP contribution in [0.1, 0.15) is 11.1 Å². The van der Waals surface area contributed by atoms with Crippen molar-refractivity contribution < 1.29 is 19.1 Å². The minimum absolute atomic E-state index is 0.0938. The van der Waals surface area contributed by atoms with Crippen LogP contribution in [0, 0.1) is 0 Å². The van der Waals surface area contributed by atoms with E-state index in [0.29, 0.717) is 18.9 Å². The summed E-state index contributed by atoms with van der Waals surface area (Å²) in [6.07, 6.45) is 0. The summed E-state index contributed by atoms with van der Waals surface area (Å²) in [6.45, 7) is 0.645. The van der Waals surface area contributed by atoms with Crippen LogP contribution in [0.25, 0.3) is 0 Å². The number of methoxy groups -OCH3 is 1. The average Bonchev–Trinajstić information content (AvgIpc) is 2.65. The molecule has 6 nitrogen and oxygen atoms in total. The Morgan fingerprint density at radius 3 is 2.28 bits per heavy atom. The molecule has 0 radical (unpaired) electrons. The Morgan fingerprint density at radius 1 is 0.880 bits per heavy atom. The molecule has 0 saturated heterocycles. The van der Waals surface area contributed by atoms with Gasteiger partial charge in [-0.15, -0.1) is 0 Å². The monoisotopic (exact) mass is 342 g/mol. The van der Waals surface area contributed by atoms with Crippen molar-refractivity contribution >= 4 is 11.8 Å². The van der Waals surface area contributed by atoms with E-state index in [1.54, 1.807) is 19.2 Å². The van der Waals surface area contributed by atoms with E-state index in [-0.39, 0.29) is 25.0 Å². The Balaban J connectivity index is 1.69. The van der Waals surface area contributed by atoms with Crippen molar-refractivity contribution in [2.24, 2.45) is 0 Å². The predicted octanol–water partition coefficient (Wildman–Crippen LogP) is 1.64. The van der Waals surface area contributed by atoms with Crippen molar-refractivity contribution in [3.63, 3.8) is 0 Å². The molecule has 0 atom stereocenters. The van der Waals surface area contributed by atoms with Gasteiger partial charge in [-0.3, -0.25) is 9.59 Å². The summed E-state index contributed by atoms with van der Waals surface area (Å²) in [4.78, 5) is 23.6. The second kappa shape index (κ2) is 10.1. The largest absolute Gasteiger partial charge is 0.484 e. The summed E-state index contributed by atoms with van der Waals surface area (Å²) in [5.41, 5.74) is 2.00. The molecule has 2 aromatic rings. The third-order valence-electron chi connectivity index (χ3n) is 3.45. The molecule has 2 amide bonds. The number of benzene rings is 2. The predicted molar refractivity (Wildman–Crippen MR) is 93.9 cm³/mol. The van der Waals surface area contributed by atoms with Gasteiger partial charge >= 0.3 is 0 Å². The number of nitrogens with one attached hydrogen (secondary N) is 2. The van der Waals surface area contributed by atoms with Gasteiger partial charge in [-0.2, -0.15) is 0 Å². The van der Waals surface area contributed by atoms with Crippen molar-refractivity contribution in [2.75, 3.05) is 20.3 Å². The third kappa shape index (κ3) is 6.64. The highest BCUT2D eigenvalue weighted by molar-refractivity contribution is 5.85. The van der Waals surface area contributed by atoms with Crippen LogP contribution >= 0.6 is 0 Å². The summed E-state index contributed by atoms with van der Waals surface area (Å²) in [7, 11) is 1.63. The van der Waals surface area contributed by atoms with Gasteiger partial charge in [0.2, 0.25) is 5.91 Å². The number of amides is 2. The molecule has 0 aliphatic heterocycles. The Kier molecular flexibility index (Phi) is 7.46. The van der Waals surface area contributed by atoms with Gasteiger partial charge in [0.05, 0.1) is 13.2 Å². The second-order valence-corrected chi connectivity index (χ2v) is 5.36. The van der Waals surface area contributed by atoms with Crippen LogP contribution in [0.5, 0.6) is 5.75 Å². The van der Waals surface area contributed by atoms with Gasteiger partial charge in [0, 0.05) is 13.7 Å². The van der Waals surface area contributed by atoms with Crippen molar-refractivity contribution in [1.29, 1.82) is 0 Å². The molecule has 0 unspecified atom stereocenters. The number of ether oxygens (including phenoxy) is 2. The van der Waals surface area contributed by atoms with E-state index in [9.17, 15) is 9.59 Å². The van der Waals surface area contributed by atoms with Gasteiger partial charge in [0.1, 0.15) is 5.75 Å². The quantitative estimate of drug-likeness (QED) is 0.726. The molecule has 25 heavy (non-hydrogen) atoms. The summed E-state index contributed by atoms with van der Waals surface area (Å²) >= 11 is 0. The number of rotatable bonds is 9. The maximum Gasteiger partial charge on any atom is 0.258 e. The topological polar surface area (TPSA) is 76.7 Å². The van der Waals surface area contributed by atoms with Gasteiger partial charge in [-0.1, -0.05) is 42.5 Å². The summed E-state index contributed by atoms with van der Waals surface area (Å²) in [5, 5.41) is 5.30. The molecule has 2 aromatic carbocycles. The van der Waals surface area contributed by atoms with Crippen LogP contribution in [-0.2, 0) is 27.5 Å². The first-order valence-electron chi connectivity index (χ1n) is 7.96. The normalized spacial score (nSPS) is 10.1. The molecule has 0 fully saturated rings. The van der Waals surface area contributed by atoms with Crippen molar-refractivity contribution in [3.8, 4) is 5.75 Å².